The zero-order valence-corrected chi connectivity index (χ0v) is 16.3. The molecular weight excluding hydrogens is 371 g/mol. The Kier molecular flexibility index (Phi) is 6.39. The Bertz CT molecular complexity index is 1000. The molecule has 148 valence electrons. The van der Waals surface area contributed by atoms with Crippen molar-refractivity contribution in [3.05, 3.63) is 72.1 Å². The minimum absolute atomic E-state index is 0.0182. The minimum atomic E-state index is -0.539. The van der Waals surface area contributed by atoms with Gasteiger partial charge in [0.1, 0.15) is 0 Å². The number of aromatic nitrogens is 3. The maximum Gasteiger partial charge on any atom is 0.226 e. The quantitative estimate of drug-likeness (QED) is 0.451. The molecule has 0 saturated heterocycles. The number of ketones is 1. The summed E-state index contributed by atoms with van der Waals surface area (Å²) in [6.45, 7) is 1.80. The van der Waals surface area contributed by atoms with Crippen molar-refractivity contribution in [3.8, 4) is 11.4 Å². The summed E-state index contributed by atoms with van der Waals surface area (Å²) in [5.74, 6) is -0.129. The SMILES string of the molecule is CCC(=O)N(C)c1cnc(-c2ccc(C(=O)CCc3cccnc3F)cc2)nc1. The largest absolute Gasteiger partial charge is 0.313 e. The molecule has 0 aliphatic rings. The number of aryl methyl sites for hydroxylation is 1. The van der Waals surface area contributed by atoms with Crippen molar-refractivity contribution in [3.63, 3.8) is 0 Å². The Morgan fingerprint density at radius 1 is 1.03 bits per heavy atom. The number of rotatable bonds is 7. The highest BCUT2D eigenvalue weighted by Gasteiger charge is 2.12. The van der Waals surface area contributed by atoms with Crippen molar-refractivity contribution in [2.75, 3.05) is 11.9 Å². The lowest BCUT2D eigenvalue weighted by Crippen LogP contribution is -2.25. The van der Waals surface area contributed by atoms with Crippen molar-refractivity contribution in [1.82, 2.24) is 15.0 Å². The first kappa shape index (κ1) is 20.3. The first-order valence-electron chi connectivity index (χ1n) is 9.31. The average molecular weight is 392 g/mol. The van der Waals surface area contributed by atoms with E-state index in [2.05, 4.69) is 15.0 Å². The van der Waals surface area contributed by atoms with Gasteiger partial charge in [-0.25, -0.2) is 15.0 Å². The normalized spacial score (nSPS) is 10.6. The highest BCUT2D eigenvalue weighted by molar-refractivity contribution is 5.96. The van der Waals surface area contributed by atoms with Gasteiger partial charge in [-0.2, -0.15) is 4.39 Å². The number of Topliss-reactive ketones (excluding diaryl/α,β-unsaturated/α-hetero) is 1. The summed E-state index contributed by atoms with van der Waals surface area (Å²) in [4.78, 5) is 37.8. The number of hydrogen-bond acceptors (Lipinski definition) is 5. The second kappa shape index (κ2) is 9.14. The molecule has 1 amide bonds. The van der Waals surface area contributed by atoms with Gasteiger partial charge in [0.05, 0.1) is 18.1 Å². The van der Waals surface area contributed by atoms with Crippen molar-refractivity contribution in [2.45, 2.75) is 26.2 Å². The third-order valence-corrected chi connectivity index (χ3v) is 4.62. The summed E-state index contributed by atoms with van der Waals surface area (Å²) in [5, 5.41) is 0. The lowest BCUT2D eigenvalue weighted by molar-refractivity contribution is -0.118. The Labute approximate surface area is 168 Å². The molecule has 0 aliphatic carbocycles. The first-order valence-corrected chi connectivity index (χ1v) is 9.31. The molecule has 29 heavy (non-hydrogen) atoms. The first-order chi connectivity index (χ1) is 14.0. The van der Waals surface area contributed by atoms with Crippen molar-refractivity contribution >= 4 is 17.4 Å². The van der Waals surface area contributed by atoms with E-state index >= 15 is 0 Å². The minimum Gasteiger partial charge on any atom is -0.313 e. The lowest BCUT2D eigenvalue weighted by Gasteiger charge is -2.15. The van der Waals surface area contributed by atoms with Crippen LogP contribution in [0.15, 0.2) is 55.0 Å². The van der Waals surface area contributed by atoms with Crippen LogP contribution in [-0.4, -0.2) is 33.7 Å². The van der Waals surface area contributed by atoms with Crippen LogP contribution in [-0.2, 0) is 11.2 Å². The molecule has 0 saturated carbocycles. The molecule has 0 fully saturated rings. The lowest BCUT2D eigenvalue weighted by atomic mass is 10.0. The van der Waals surface area contributed by atoms with Gasteiger partial charge in [-0.05, 0) is 12.5 Å². The number of hydrogen-bond donors (Lipinski definition) is 0. The number of carbonyl (C=O) groups excluding carboxylic acids is 2. The van der Waals surface area contributed by atoms with Gasteiger partial charge in [-0.1, -0.05) is 37.3 Å². The summed E-state index contributed by atoms with van der Waals surface area (Å²) in [6.07, 6.45) is 5.48. The molecule has 2 heterocycles. The van der Waals surface area contributed by atoms with Crippen LogP contribution < -0.4 is 4.90 Å². The fourth-order valence-corrected chi connectivity index (χ4v) is 2.83. The van der Waals surface area contributed by atoms with Gasteiger partial charge in [0, 0.05) is 42.8 Å². The monoisotopic (exact) mass is 392 g/mol. The van der Waals surface area contributed by atoms with E-state index in [1.165, 1.54) is 11.1 Å². The Morgan fingerprint density at radius 3 is 2.34 bits per heavy atom. The molecule has 0 radical (unpaired) electrons. The number of amides is 1. The van der Waals surface area contributed by atoms with Crippen LogP contribution in [0.1, 0.15) is 35.7 Å². The summed E-state index contributed by atoms with van der Waals surface area (Å²) in [6, 6.07) is 10.2. The van der Waals surface area contributed by atoms with Crippen LogP contribution in [0.4, 0.5) is 10.1 Å². The second-order valence-corrected chi connectivity index (χ2v) is 6.53. The molecule has 0 spiro atoms. The number of halogens is 1. The number of nitrogens with zero attached hydrogens (tertiary/aromatic N) is 4. The van der Waals surface area contributed by atoms with Gasteiger partial charge in [-0.15, -0.1) is 0 Å². The van der Waals surface area contributed by atoms with E-state index in [0.717, 1.165) is 5.56 Å². The Morgan fingerprint density at radius 2 is 1.72 bits per heavy atom. The third kappa shape index (κ3) is 4.87. The van der Waals surface area contributed by atoms with Crippen LogP contribution in [0.5, 0.6) is 0 Å². The molecule has 6 nitrogen and oxygen atoms in total. The molecule has 7 heteroatoms. The molecule has 0 N–H and O–H groups in total. The molecule has 3 aromatic rings. The van der Waals surface area contributed by atoms with Crippen LogP contribution >= 0.6 is 0 Å². The summed E-state index contributed by atoms with van der Waals surface area (Å²) in [7, 11) is 1.68. The third-order valence-electron chi connectivity index (χ3n) is 4.62. The van der Waals surface area contributed by atoms with Crippen LogP contribution in [0.2, 0.25) is 0 Å². The highest BCUT2D eigenvalue weighted by atomic mass is 19.1. The maximum absolute atomic E-state index is 13.6. The maximum atomic E-state index is 13.6. The zero-order valence-electron chi connectivity index (χ0n) is 16.3. The molecule has 2 aromatic heterocycles. The predicted molar refractivity (Wildman–Crippen MR) is 108 cm³/mol. The van der Waals surface area contributed by atoms with Crippen molar-refractivity contribution in [2.24, 2.45) is 0 Å². The molecule has 0 atom stereocenters. The van der Waals surface area contributed by atoms with Crippen LogP contribution in [0.3, 0.4) is 0 Å². The van der Waals surface area contributed by atoms with Crippen molar-refractivity contribution in [1.29, 1.82) is 0 Å². The fraction of sp³-hybridized carbons (Fsp3) is 0.227. The van der Waals surface area contributed by atoms with E-state index in [9.17, 15) is 14.0 Å². The van der Waals surface area contributed by atoms with Gasteiger partial charge in [-0.3, -0.25) is 9.59 Å². The van der Waals surface area contributed by atoms with E-state index in [4.69, 9.17) is 0 Å². The number of anilines is 1. The number of benzene rings is 1. The smallest absolute Gasteiger partial charge is 0.226 e. The van der Waals surface area contributed by atoms with E-state index in [-0.39, 0.29) is 18.1 Å². The molecule has 0 bridgehead atoms. The summed E-state index contributed by atoms with van der Waals surface area (Å²) in [5.41, 5.74) is 2.35. The predicted octanol–water partition coefficient (Wildman–Crippen LogP) is 3.87. The zero-order chi connectivity index (χ0) is 20.8. The van der Waals surface area contributed by atoms with E-state index in [1.807, 2.05) is 0 Å². The molecule has 0 unspecified atom stereocenters. The second-order valence-electron chi connectivity index (χ2n) is 6.53. The molecule has 0 aliphatic heterocycles. The van der Waals surface area contributed by atoms with E-state index < -0.39 is 5.95 Å². The Balaban J connectivity index is 1.66. The molecular formula is C22H21FN4O2. The van der Waals surface area contributed by atoms with Gasteiger partial charge in [0.25, 0.3) is 0 Å². The average Bonchev–Trinajstić information content (AvgIpc) is 2.77. The number of pyridine rings is 1. The van der Waals surface area contributed by atoms with Crippen LogP contribution in [0, 0.1) is 5.95 Å². The van der Waals surface area contributed by atoms with Crippen LogP contribution in [0.25, 0.3) is 11.4 Å². The van der Waals surface area contributed by atoms with Crippen molar-refractivity contribution < 1.29 is 14.0 Å². The van der Waals surface area contributed by atoms with E-state index in [0.29, 0.717) is 35.5 Å². The van der Waals surface area contributed by atoms with E-state index in [1.54, 1.807) is 62.8 Å². The van der Waals surface area contributed by atoms with Gasteiger partial charge >= 0.3 is 0 Å². The standard InChI is InChI=1S/C22H21FN4O2/c1-3-20(29)27(2)18-13-25-22(26-14-18)17-8-6-15(7-9-17)19(28)11-10-16-5-4-12-24-21(16)23/h4-9,12-14H,3,10-11H2,1-2H3. The highest BCUT2D eigenvalue weighted by Crippen LogP contribution is 2.19. The van der Waals surface area contributed by atoms with Gasteiger partial charge in [0.2, 0.25) is 11.9 Å². The fourth-order valence-electron chi connectivity index (χ4n) is 2.83. The van der Waals surface area contributed by atoms with Gasteiger partial charge < -0.3 is 4.90 Å². The molecule has 1 aromatic carbocycles. The Hall–Kier alpha value is -3.48. The number of carbonyl (C=O) groups is 2. The summed E-state index contributed by atoms with van der Waals surface area (Å²) >= 11 is 0. The summed E-state index contributed by atoms with van der Waals surface area (Å²) < 4.78 is 13.6. The molecule has 3 rings (SSSR count). The topological polar surface area (TPSA) is 76.1 Å². The van der Waals surface area contributed by atoms with Gasteiger partial charge in [0.15, 0.2) is 11.6 Å².